The van der Waals surface area contributed by atoms with Crippen molar-refractivity contribution in [2.75, 3.05) is 5.73 Å². The molecular weight excluding hydrogens is 478 g/mol. The van der Waals surface area contributed by atoms with Crippen LogP contribution in [0.3, 0.4) is 0 Å². The van der Waals surface area contributed by atoms with Gasteiger partial charge in [-0.15, -0.1) is 0 Å². The van der Waals surface area contributed by atoms with Crippen molar-refractivity contribution in [2.45, 2.75) is 16.2 Å². The first kappa shape index (κ1) is 23.0. The summed E-state index contributed by atoms with van der Waals surface area (Å²) in [6.45, 7) is 0. The largest absolute Gasteiger partial charge is 0.490 e. The number of nitrogens with one attached hydrogen (secondary N) is 2. The zero-order valence-electron chi connectivity index (χ0n) is 16.8. The minimum Gasteiger partial charge on any atom is -0.475 e. The Morgan fingerprint density at radius 3 is 2.47 bits per heavy atom. The van der Waals surface area contributed by atoms with Crippen LogP contribution in [0.25, 0.3) is 32.6 Å². The van der Waals surface area contributed by atoms with E-state index in [1.54, 1.807) is 30.6 Å². The van der Waals surface area contributed by atoms with Crippen molar-refractivity contribution in [3.05, 3.63) is 65.0 Å². The van der Waals surface area contributed by atoms with E-state index in [2.05, 4.69) is 19.9 Å². The molecule has 0 saturated carbocycles. The number of fused-ring (bicyclic) bond motifs is 6. The van der Waals surface area contributed by atoms with Gasteiger partial charge in [-0.1, -0.05) is 11.8 Å². The van der Waals surface area contributed by atoms with E-state index in [1.807, 2.05) is 6.07 Å². The van der Waals surface area contributed by atoms with Crippen LogP contribution in [0.1, 0.15) is 0 Å². The van der Waals surface area contributed by atoms with E-state index in [0.29, 0.717) is 38.0 Å². The fourth-order valence-electron chi connectivity index (χ4n) is 3.24. The molecule has 0 unspecified atom stereocenters. The number of carbonyl (C=O) groups is 1. The summed E-state index contributed by atoms with van der Waals surface area (Å²) in [5, 5.41) is 10.2. The molecule has 0 radical (unpaired) electrons. The second-order valence-electron chi connectivity index (χ2n) is 6.87. The number of pyridine rings is 2. The number of nitrogens with two attached hydrogens (primary N) is 1. The van der Waals surface area contributed by atoms with Crippen molar-refractivity contribution in [3.63, 3.8) is 0 Å². The Balaban J connectivity index is 0.000000344. The summed E-state index contributed by atoms with van der Waals surface area (Å²) in [5.74, 6) is -2.71. The summed E-state index contributed by atoms with van der Waals surface area (Å²) < 4.78 is 45.6. The lowest BCUT2D eigenvalue weighted by molar-refractivity contribution is -0.192. The van der Waals surface area contributed by atoms with Crippen LogP contribution in [0.2, 0.25) is 0 Å². The number of H-pyrrole nitrogens is 2. The average Bonchev–Trinajstić information content (AvgIpc) is 3.19. The summed E-state index contributed by atoms with van der Waals surface area (Å²) in [4.78, 5) is 36.9. The lowest BCUT2D eigenvalue weighted by Crippen LogP contribution is -2.21. The van der Waals surface area contributed by atoms with Crippen LogP contribution in [0.15, 0.2) is 63.6 Å². The van der Waals surface area contributed by atoms with Gasteiger partial charge in [0.1, 0.15) is 11.6 Å². The maximum absolute atomic E-state index is 13.9. The van der Waals surface area contributed by atoms with E-state index in [9.17, 15) is 22.4 Å². The van der Waals surface area contributed by atoms with Gasteiger partial charge >= 0.3 is 12.1 Å². The Bertz CT molecular complexity index is 1600. The molecule has 0 atom stereocenters. The summed E-state index contributed by atoms with van der Waals surface area (Å²) >= 11 is 1.40. The minimum atomic E-state index is -5.08. The highest BCUT2D eigenvalue weighted by Crippen LogP contribution is 2.35. The zero-order valence-corrected chi connectivity index (χ0v) is 17.6. The van der Waals surface area contributed by atoms with Gasteiger partial charge in [-0.2, -0.15) is 13.2 Å². The first-order chi connectivity index (χ1) is 16.0. The number of nitrogens with zero attached hydrogens (tertiary/aromatic N) is 2. The van der Waals surface area contributed by atoms with E-state index >= 15 is 0 Å². The molecule has 8 nitrogen and oxygen atoms in total. The number of alkyl halides is 3. The fourth-order valence-corrected chi connectivity index (χ4v) is 3.99. The quantitative estimate of drug-likeness (QED) is 0.211. The molecule has 34 heavy (non-hydrogen) atoms. The van der Waals surface area contributed by atoms with Crippen LogP contribution in [0.4, 0.5) is 23.4 Å². The van der Waals surface area contributed by atoms with Gasteiger partial charge in [0.05, 0.1) is 16.4 Å². The van der Waals surface area contributed by atoms with Crippen molar-refractivity contribution in [2.24, 2.45) is 0 Å². The Hall–Kier alpha value is -4.13. The molecule has 5 aromatic rings. The molecule has 3 heterocycles. The summed E-state index contributed by atoms with van der Waals surface area (Å²) in [5.41, 5.74) is 6.78. The van der Waals surface area contributed by atoms with Crippen molar-refractivity contribution in [1.82, 2.24) is 19.9 Å². The first-order valence-corrected chi connectivity index (χ1v) is 10.2. The third kappa shape index (κ3) is 4.50. The van der Waals surface area contributed by atoms with Gasteiger partial charge in [-0.05, 0) is 36.4 Å². The molecule has 174 valence electrons. The zero-order chi connectivity index (χ0) is 24.6. The van der Waals surface area contributed by atoms with Crippen LogP contribution in [0, 0.1) is 5.82 Å². The minimum absolute atomic E-state index is 0.267. The van der Waals surface area contributed by atoms with Crippen LogP contribution in [-0.4, -0.2) is 37.2 Å². The van der Waals surface area contributed by atoms with E-state index in [4.69, 9.17) is 15.6 Å². The maximum atomic E-state index is 13.9. The number of carboxylic acids is 1. The smallest absolute Gasteiger partial charge is 0.475 e. The number of hydrogen-bond acceptors (Lipinski definition) is 6. The normalized spacial score (nSPS) is 11.5. The Labute approximate surface area is 190 Å². The molecule has 0 saturated heterocycles. The van der Waals surface area contributed by atoms with Crippen molar-refractivity contribution < 1.29 is 27.5 Å². The number of halogens is 4. The molecule has 13 heteroatoms. The number of imidazole rings is 1. The molecule has 0 bridgehead atoms. The molecule has 0 fully saturated rings. The molecule has 5 rings (SSSR count). The Kier molecular flexibility index (Phi) is 5.87. The predicted molar refractivity (Wildman–Crippen MR) is 118 cm³/mol. The number of nitrogen functional groups attached to an aromatic ring is 1. The number of aromatic nitrogens is 4. The average molecular weight is 491 g/mol. The number of carboxylic acid groups (broad SMARTS) is 1. The van der Waals surface area contributed by atoms with Gasteiger partial charge in [-0.3, -0.25) is 4.79 Å². The van der Waals surface area contributed by atoms with Gasteiger partial charge in [0.15, 0.2) is 5.16 Å². The predicted octanol–water partition coefficient (Wildman–Crippen LogP) is 4.46. The monoisotopic (exact) mass is 491 g/mol. The summed E-state index contributed by atoms with van der Waals surface area (Å²) in [7, 11) is 0. The van der Waals surface area contributed by atoms with E-state index in [-0.39, 0.29) is 5.56 Å². The highest BCUT2D eigenvalue weighted by atomic mass is 32.2. The van der Waals surface area contributed by atoms with Crippen LogP contribution in [0.5, 0.6) is 0 Å². The third-order valence-electron chi connectivity index (χ3n) is 4.63. The molecular formula is C21H13F4N5O3S. The highest BCUT2D eigenvalue weighted by molar-refractivity contribution is 7.99. The topological polar surface area (TPSA) is 138 Å². The molecule has 2 aromatic carbocycles. The standard InChI is InChI=1S/C19H12FN5OS.C2HF3O2/c20-9-1-3-11-13(7-9)15-12(5-6-22-18(15)26)17-16(11)24-19(25-17)27-10-2-4-14(21)23-8-10;3-2(4,5)1(6)7/h1-8H,(H2,21,23)(H,22,26)(H,24,25);(H,6,7). The second kappa shape index (κ2) is 8.67. The molecule has 0 aliphatic rings. The van der Waals surface area contributed by atoms with Crippen molar-refractivity contribution >= 4 is 56.1 Å². The van der Waals surface area contributed by atoms with E-state index in [0.717, 1.165) is 10.4 Å². The number of benzene rings is 2. The van der Waals surface area contributed by atoms with Crippen molar-refractivity contribution in [1.29, 1.82) is 0 Å². The Morgan fingerprint density at radius 1 is 1.09 bits per heavy atom. The highest BCUT2D eigenvalue weighted by Gasteiger charge is 2.38. The van der Waals surface area contributed by atoms with Gasteiger partial charge in [0.25, 0.3) is 5.56 Å². The van der Waals surface area contributed by atoms with Crippen LogP contribution < -0.4 is 11.3 Å². The molecule has 0 amide bonds. The lowest BCUT2D eigenvalue weighted by Gasteiger charge is -2.05. The van der Waals surface area contributed by atoms with Crippen LogP contribution >= 0.6 is 11.8 Å². The Morgan fingerprint density at radius 2 is 1.82 bits per heavy atom. The van der Waals surface area contributed by atoms with Crippen molar-refractivity contribution in [3.8, 4) is 0 Å². The van der Waals surface area contributed by atoms with Gasteiger partial charge in [0.2, 0.25) is 0 Å². The van der Waals surface area contributed by atoms with Gasteiger partial charge < -0.3 is 20.8 Å². The van der Waals surface area contributed by atoms with Gasteiger partial charge in [0, 0.05) is 33.4 Å². The van der Waals surface area contributed by atoms with Crippen LogP contribution in [-0.2, 0) is 4.79 Å². The fraction of sp³-hybridized carbons (Fsp3) is 0.0476. The number of anilines is 1. The lowest BCUT2D eigenvalue weighted by atomic mass is 10.0. The molecule has 0 spiro atoms. The third-order valence-corrected chi connectivity index (χ3v) is 5.50. The molecule has 0 aliphatic heterocycles. The van der Waals surface area contributed by atoms with E-state index in [1.165, 1.54) is 23.9 Å². The SMILES string of the molecule is Nc1ccc(Sc2nc3c4ccc(F)cc4c4c(=O)[nH]ccc4c3[nH]2)cn1.O=C(O)C(F)(F)F. The summed E-state index contributed by atoms with van der Waals surface area (Å²) in [6, 6.07) is 9.77. The molecule has 0 aliphatic carbocycles. The molecule has 3 aromatic heterocycles. The second-order valence-corrected chi connectivity index (χ2v) is 7.94. The maximum Gasteiger partial charge on any atom is 0.490 e. The number of rotatable bonds is 2. The van der Waals surface area contributed by atoms with E-state index < -0.39 is 18.0 Å². The molecule has 5 N–H and O–H groups in total. The first-order valence-electron chi connectivity index (χ1n) is 9.36. The number of hydrogen-bond donors (Lipinski definition) is 4. The number of aliphatic carboxylic acids is 1. The summed E-state index contributed by atoms with van der Waals surface area (Å²) in [6.07, 6.45) is -1.84. The van der Waals surface area contributed by atoms with Gasteiger partial charge in [-0.25, -0.2) is 19.2 Å². The number of aromatic amines is 2.